The van der Waals surface area contributed by atoms with Gasteiger partial charge in [-0.1, -0.05) is 121 Å². The summed E-state index contributed by atoms with van der Waals surface area (Å²) in [6, 6.07) is 64.8. The highest BCUT2D eigenvalue weighted by molar-refractivity contribution is 6.17. The summed E-state index contributed by atoms with van der Waals surface area (Å²) in [4.78, 5) is 2.34. The lowest BCUT2D eigenvalue weighted by Crippen LogP contribution is -2.10. The largest absolute Gasteiger partial charge is 0.455 e. The first-order chi connectivity index (χ1) is 24.3. The van der Waals surface area contributed by atoms with Gasteiger partial charge in [0.25, 0.3) is 0 Å². The average molecular weight is 627 g/mol. The van der Waals surface area contributed by atoms with E-state index in [4.69, 9.17) is 4.42 Å². The van der Waals surface area contributed by atoms with Crippen LogP contribution in [0.25, 0.3) is 71.3 Å². The van der Waals surface area contributed by atoms with Crippen molar-refractivity contribution in [2.45, 2.75) is 0 Å². The van der Waals surface area contributed by atoms with Gasteiger partial charge in [-0.05, 0) is 71.6 Å². The van der Waals surface area contributed by atoms with Crippen molar-refractivity contribution >= 4 is 71.6 Å². The van der Waals surface area contributed by atoms with Gasteiger partial charge in [0.1, 0.15) is 11.2 Å². The van der Waals surface area contributed by atoms with Gasteiger partial charge in [0.2, 0.25) is 0 Å². The molecule has 3 heteroatoms. The molecule has 0 fully saturated rings. The van der Waals surface area contributed by atoms with E-state index in [2.05, 4.69) is 191 Å². The van der Waals surface area contributed by atoms with Gasteiger partial charge in [-0.15, -0.1) is 0 Å². The highest BCUT2D eigenvalue weighted by atomic mass is 16.3. The summed E-state index contributed by atoms with van der Waals surface area (Å²) in [5.41, 5.74) is 10.9. The monoisotopic (exact) mass is 626 g/mol. The van der Waals surface area contributed by atoms with Crippen LogP contribution >= 0.6 is 0 Å². The van der Waals surface area contributed by atoms with Crippen LogP contribution in [0, 0.1) is 0 Å². The van der Waals surface area contributed by atoms with Crippen LogP contribution in [0.5, 0.6) is 0 Å². The van der Waals surface area contributed by atoms with Gasteiger partial charge in [0.15, 0.2) is 0 Å². The number of furan rings is 1. The molecular weight excluding hydrogens is 597 g/mol. The summed E-state index contributed by atoms with van der Waals surface area (Å²) < 4.78 is 9.04. The normalized spacial score (nSPS) is 11.7. The van der Waals surface area contributed by atoms with E-state index in [1.165, 1.54) is 27.2 Å². The highest BCUT2D eigenvalue weighted by Gasteiger charge is 2.19. The lowest BCUT2D eigenvalue weighted by atomic mass is 10.0. The van der Waals surface area contributed by atoms with E-state index in [-0.39, 0.29) is 0 Å². The Labute approximate surface area is 283 Å². The van der Waals surface area contributed by atoms with Crippen LogP contribution in [0.15, 0.2) is 186 Å². The molecule has 0 unspecified atom stereocenters. The number of anilines is 3. The average Bonchev–Trinajstić information content (AvgIpc) is 3.72. The molecule has 0 spiro atoms. The molecule has 2 heterocycles. The quantitative estimate of drug-likeness (QED) is 0.190. The van der Waals surface area contributed by atoms with E-state index in [0.717, 1.165) is 61.2 Å². The zero-order valence-electron chi connectivity index (χ0n) is 26.6. The minimum atomic E-state index is 0.917. The molecule has 0 amide bonds. The molecule has 2 aromatic heterocycles. The number of fused-ring (bicyclic) bond motifs is 8. The molecule has 49 heavy (non-hydrogen) atoms. The molecule has 8 aromatic carbocycles. The maximum Gasteiger partial charge on any atom is 0.143 e. The molecule has 0 radical (unpaired) electrons. The van der Waals surface area contributed by atoms with Crippen molar-refractivity contribution in [3.8, 4) is 16.8 Å². The summed E-state index contributed by atoms with van der Waals surface area (Å²) in [6.07, 6.45) is 0. The molecule has 0 bridgehead atoms. The predicted octanol–water partition coefficient (Wildman–Crippen LogP) is 13.0. The molecule has 10 rings (SSSR count). The molecule has 230 valence electrons. The van der Waals surface area contributed by atoms with Crippen LogP contribution in [0.3, 0.4) is 0 Å². The molecule has 3 nitrogen and oxygen atoms in total. The second-order valence-corrected chi connectivity index (χ2v) is 12.6. The Hall–Kier alpha value is -6.58. The number of nitrogens with zero attached hydrogens (tertiary/aromatic N) is 2. The first kappa shape index (κ1) is 27.5. The van der Waals surface area contributed by atoms with Crippen LogP contribution in [0.2, 0.25) is 0 Å². The maximum absolute atomic E-state index is 6.67. The van der Waals surface area contributed by atoms with Crippen LogP contribution < -0.4 is 4.90 Å². The molecule has 0 aliphatic rings. The van der Waals surface area contributed by atoms with Crippen molar-refractivity contribution in [2.24, 2.45) is 0 Å². The van der Waals surface area contributed by atoms with Gasteiger partial charge >= 0.3 is 0 Å². The Morgan fingerprint density at radius 2 is 1.00 bits per heavy atom. The van der Waals surface area contributed by atoms with Gasteiger partial charge in [0.05, 0.1) is 11.0 Å². The van der Waals surface area contributed by atoms with E-state index in [0.29, 0.717) is 0 Å². The van der Waals surface area contributed by atoms with Crippen molar-refractivity contribution in [3.63, 3.8) is 0 Å². The van der Waals surface area contributed by atoms with Gasteiger partial charge in [0, 0.05) is 55.2 Å². The third-order valence-electron chi connectivity index (χ3n) is 9.77. The summed E-state index contributed by atoms with van der Waals surface area (Å²) in [7, 11) is 0. The minimum absolute atomic E-state index is 0.917. The molecule has 0 saturated carbocycles. The van der Waals surface area contributed by atoms with Gasteiger partial charge < -0.3 is 13.9 Å². The Balaban J connectivity index is 1.12. The number of hydrogen-bond donors (Lipinski definition) is 0. The summed E-state index contributed by atoms with van der Waals surface area (Å²) >= 11 is 0. The molecule has 0 saturated heterocycles. The van der Waals surface area contributed by atoms with E-state index < -0.39 is 0 Å². The lowest BCUT2D eigenvalue weighted by Gasteiger charge is -2.26. The zero-order chi connectivity index (χ0) is 32.3. The number of para-hydroxylation sites is 4. The van der Waals surface area contributed by atoms with Crippen LogP contribution in [0.1, 0.15) is 0 Å². The van der Waals surface area contributed by atoms with Crippen molar-refractivity contribution in [1.82, 2.24) is 4.57 Å². The fraction of sp³-hybridized carbons (Fsp3) is 0. The van der Waals surface area contributed by atoms with Gasteiger partial charge in [-0.25, -0.2) is 0 Å². The number of hydrogen-bond acceptors (Lipinski definition) is 2. The number of benzene rings is 8. The number of rotatable bonds is 5. The maximum atomic E-state index is 6.67. The fourth-order valence-corrected chi connectivity index (χ4v) is 7.52. The number of aromatic nitrogens is 1. The molecule has 10 aromatic rings. The van der Waals surface area contributed by atoms with E-state index in [1.807, 2.05) is 0 Å². The van der Waals surface area contributed by atoms with E-state index in [9.17, 15) is 0 Å². The predicted molar refractivity (Wildman–Crippen MR) is 206 cm³/mol. The first-order valence-corrected chi connectivity index (χ1v) is 16.7. The van der Waals surface area contributed by atoms with Crippen molar-refractivity contribution in [3.05, 3.63) is 182 Å². The van der Waals surface area contributed by atoms with E-state index in [1.54, 1.807) is 0 Å². The van der Waals surface area contributed by atoms with Crippen molar-refractivity contribution < 1.29 is 4.42 Å². The van der Waals surface area contributed by atoms with Gasteiger partial charge in [-0.3, -0.25) is 0 Å². The molecule has 0 N–H and O–H groups in total. The Kier molecular flexibility index (Phi) is 6.18. The Morgan fingerprint density at radius 3 is 1.84 bits per heavy atom. The first-order valence-electron chi connectivity index (χ1n) is 16.7. The van der Waals surface area contributed by atoms with Gasteiger partial charge in [-0.2, -0.15) is 0 Å². The van der Waals surface area contributed by atoms with Crippen LogP contribution in [-0.4, -0.2) is 4.57 Å². The third kappa shape index (κ3) is 4.37. The summed E-state index contributed by atoms with van der Waals surface area (Å²) in [6.45, 7) is 0. The minimum Gasteiger partial charge on any atom is -0.455 e. The van der Waals surface area contributed by atoms with Crippen molar-refractivity contribution in [1.29, 1.82) is 0 Å². The van der Waals surface area contributed by atoms with Crippen LogP contribution in [-0.2, 0) is 0 Å². The zero-order valence-corrected chi connectivity index (χ0v) is 26.6. The molecule has 0 atom stereocenters. The standard InChI is InChI=1S/C46H30N2O/c1-3-13-33(14-4-1)47(36-27-29-40-39-18-9-10-21-43(39)48(44(40)30-36)34-15-5-2-6-16-34)35-25-22-32(23-26-35)38-19-11-20-41-42-28-24-31-12-7-8-17-37(31)46(42)49-45(38)41/h1-30H. The Bertz CT molecular complexity index is 2810. The van der Waals surface area contributed by atoms with Crippen LogP contribution in [0.4, 0.5) is 17.1 Å². The molecule has 0 aliphatic carbocycles. The second kappa shape index (κ2) is 11.0. The molecule has 0 aliphatic heterocycles. The SMILES string of the molecule is c1ccc(N(c2ccc(-c3cccc4c3oc3c5ccccc5ccc43)cc2)c2ccc3c4ccccc4n(-c4ccccc4)c3c2)cc1. The smallest absolute Gasteiger partial charge is 0.143 e. The Morgan fingerprint density at radius 1 is 0.388 bits per heavy atom. The van der Waals surface area contributed by atoms with Crippen molar-refractivity contribution in [2.75, 3.05) is 4.90 Å². The topological polar surface area (TPSA) is 21.3 Å². The van der Waals surface area contributed by atoms with E-state index >= 15 is 0 Å². The highest BCUT2D eigenvalue weighted by Crippen LogP contribution is 2.42. The third-order valence-corrected chi connectivity index (χ3v) is 9.77. The summed E-state index contributed by atoms with van der Waals surface area (Å²) in [5.74, 6) is 0. The fourth-order valence-electron chi connectivity index (χ4n) is 7.52. The molecular formula is C46H30N2O. The lowest BCUT2D eigenvalue weighted by molar-refractivity contribution is 0.674. The second-order valence-electron chi connectivity index (χ2n) is 12.6. The summed E-state index contributed by atoms with van der Waals surface area (Å²) in [5, 5.41) is 7.08.